The maximum absolute atomic E-state index is 6.13. The second-order valence-corrected chi connectivity index (χ2v) is 6.13. The Balaban J connectivity index is 1.81. The third-order valence-electron chi connectivity index (χ3n) is 2.99. The fourth-order valence-electron chi connectivity index (χ4n) is 1.75. The molecule has 1 unspecified atom stereocenters. The van der Waals surface area contributed by atoms with Crippen molar-refractivity contribution in [1.82, 2.24) is 0 Å². The topological polar surface area (TPSA) is 26.0 Å². The van der Waals surface area contributed by atoms with Gasteiger partial charge in [-0.3, -0.25) is 0 Å². The molecule has 82 valence electrons. The van der Waals surface area contributed by atoms with Gasteiger partial charge >= 0.3 is 0 Å². The van der Waals surface area contributed by atoms with Crippen LogP contribution in [-0.2, 0) is 0 Å². The summed E-state index contributed by atoms with van der Waals surface area (Å²) in [4.78, 5) is 1.30. The van der Waals surface area contributed by atoms with Crippen molar-refractivity contribution in [3.05, 3.63) is 28.7 Å². The summed E-state index contributed by atoms with van der Waals surface area (Å²) in [5.74, 6) is 1.82. The molecule has 1 aliphatic carbocycles. The first-order valence-electron chi connectivity index (χ1n) is 5.39. The third-order valence-corrected chi connectivity index (χ3v) is 4.63. The lowest BCUT2D eigenvalue weighted by Crippen LogP contribution is -2.36. The van der Waals surface area contributed by atoms with E-state index in [1.54, 1.807) is 0 Å². The van der Waals surface area contributed by atoms with Crippen molar-refractivity contribution >= 4 is 27.7 Å². The first-order chi connectivity index (χ1) is 7.25. The number of thioether (sulfide) groups is 1. The summed E-state index contributed by atoms with van der Waals surface area (Å²) in [6, 6.07) is 8.79. The molecule has 2 N–H and O–H groups in total. The summed E-state index contributed by atoms with van der Waals surface area (Å²) in [5.41, 5.74) is 6.13. The third kappa shape index (κ3) is 3.23. The first-order valence-corrected chi connectivity index (χ1v) is 7.17. The Morgan fingerprint density at radius 1 is 1.47 bits per heavy atom. The van der Waals surface area contributed by atoms with E-state index < -0.39 is 0 Å². The minimum absolute atomic E-state index is 0.378. The Kier molecular flexibility index (Phi) is 4.12. The molecule has 0 aromatic heterocycles. The van der Waals surface area contributed by atoms with Gasteiger partial charge in [0.1, 0.15) is 0 Å². The molecule has 0 radical (unpaired) electrons. The molecule has 1 nitrogen and oxygen atoms in total. The van der Waals surface area contributed by atoms with Gasteiger partial charge in [0.2, 0.25) is 0 Å². The largest absolute Gasteiger partial charge is 0.327 e. The van der Waals surface area contributed by atoms with Crippen LogP contribution in [0.3, 0.4) is 0 Å². The smallest absolute Gasteiger partial charge is 0.0186 e. The molecule has 1 saturated carbocycles. The number of hydrogen-bond acceptors (Lipinski definition) is 2. The molecule has 1 aromatic carbocycles. The first kappa shape index (κ1) is 11.5. The summed E-state index contributed by atoms with van der Waals surface area (Å²) in [6.07, 6.45) is 4.04. The van der Waals surface area contributed by atoms with Crippen molar-refractivity contribution in [2.24, 2.45) is 11.7 Å². The summed E-state index contributed by atoms with van der Waals surface area (Å²) in [5, 5.41) is 0. The van der Waals surface area contributed by atoms with Crippen molar-refractivity contribution in [2.75, 3.05) is 5.75 Å². The predicted molar refractivity (Wildman–Crippen MR) is 70.2 cm³/mol. The lowest BCUT2D eigenvalue weighted by atomic mass is 9.81. The lowest BCUT2D eigenvalue weighted by Gasteiger charge is -2.30. The second kappa shape index (κ2) is 5.37. The molecule has 1 atom stereocenters. The zero-order valence-electron chi connectivity index (χ0n) is 8.66. The molecule has 1 fully saturated rings. The summed E-state index contributed by atoms with van der Waals surface area (Å²) in [6.45, 7) is 0. The van der Waals surface area contributed by atoms with Gasteiger partial charge in [-0.2, -0.15) is 0 Å². The number of halogens is 1. The summed E-state index contributed by atoms with van der Waals surface area (Å²) < 4.78 is 1.14. The molecule has 0 spiro atoms. The second-order valence-electron chi connectivity index (χ2n) is 4.12. The number of nitrogens with two attached hydrogens (primary N) is 1. The monoisotopic (exact) mass is 285 g/mol. The van der Waals surface area contributed by atoms with Crippen molar-refractivity contribution < 1.29 is 0 Å². The van der Waals surface area contributed by atoms with Crippen LogP contribution in [0.1, 0.15) is 19.3 Å². The van der Waals surface area contributed by atoms with Gasteiger partial charge < -0.3 is 5.73 Å². The van der Waals surface area contributed by atoms with Crippen LogP contribution >= 0.6 is 27.7 Å². The van der Waals surface area contributed by atoms with Gasteiger partial charge in [0.05, 0.1) is 0 Å². The molecule has 0 heterocycles. The molecule has 0 amide bonds. The van der Waals surface area contributed by atoms with Gasteiger partial charge in [-0.1, -0.05) is 28.4 Å². The summed E-state index contributed by atoms with van der Waals surface area (Å²) >= 11 is 5.34. The van der Waals surface area contributed by atoms with Gasteiger partial charge in [0.15, 0.2) is 0 Å². The van der Waals surface area contributed by atoms with E-state index in [0.29, 0.717) is 6.04 Å². The molecule has 0 aliphatic heterocycles. The maximum Gasteiger partial charge on any atom is 0.0186 e. The molecule has 3 heteroatoms. The minimum atomic E-state index is 0.378. The molecular formula is C12H16BrNS. The molecule has 0 saturated heterocycles. The predicted octanol–water partition coefficient (Wildman–Crippen LogP) is 3.67. The van der Waals surface area contributed by atoms with Crippen molar-refractivity contribution in [3.8, 4) is 0 Å². The van der Waals surface area contributed by atoms with Crippen LogP contribution in [0.5, 0.6) is 0 Å². The molecule has 15 heavy (non-hydrogen) atoms. The zero-order chi connectivity index (χ0) is 10.7. The van der Waals surface area contributed by atoms with Crippen LogP contribution in [0.15, 0.2) is 33.6 Å². The lowest BCUT2D eigenvalue weighted by molar-refractivity contribution is 0.276. The SMILES string of the molecule is NC(CSc1cccc(Br)c1)C1CCC1. The molecule has 0 bridgehead atoms. The molecule has 1 aromatic rings. The van der Waals surface area contributed by atoms with Gasteiger partial charge in [-0.15, -0.1) is 11.8 Å². The number of rotatable bonds is 4. The highest BCUT2D eigenvalue weighted by Crippen LogP contribution is 2.31. The van der Waals surface area contributed by atoms with E-state index in [9.17, 15) is 0 Å². The Morgan fingerprint density at radius 2 is 2.27 bits per heavy atom. The average Bonchev–Trinajstić information content (AvgIpc) is 2.12. The van der Waals surface area contributed by atoms with E-state index in [0.717, 1.165) is 16.1 Å². The van der Waals surface area contributed by atoms with E-state index >= 15 is 0 Å². The van der Waals surface area contributed by atoms with Crippen LogP contribution in [0.25, 0.3) is 0 Å². The van der Waals surface area contributed by atoms with E-state index in [4.69, 9.17) is 5.73 Å². The Bertz CT molecular complexity index is 325. The van der Waals surface area contributed by atoms with E-state index in [-0.39, 0.29) is 0 Å². The molecular weight excluding hydrogens is 270 g/mol. The van der Waals surface area contributed by atoms with E-state index in [1.165, 1.54) is 24.2 Å². The maximum atomic E-state index is 6.13. The van der Waals surface area contributed by atoms with Crippen molar-refractivity contribution in [2.45, 2.75) is 30.2 Å². The Hall–Kier alpha value is 0.01000. The summed E-state index contributed by atoms with van der Waals surface area (Å²) in [7, 11) is 0. The van der Waals surface area contributed by atoms with Gasteiger partial charge in [0, 0.05) is 21.2 Å². The van der Waals surface area contributed by atoms with Crippen LogP contribution in [0, 0.1) is 5.92 Å². The number of benzene rings is 1. The van der Waals surface area contributed by atoms with Gasteiger partial charge in [-0.05, 0) is 37.0 Å². The normalized spacial score (nSPS) is 18.5. The highest BCUT2D eigenvalue weighted by molar-refractivity contribution is 9.10. The standard InChI is InChI=1S/C12H16BrNS/c13-10-5-2-6-11(7-10)15-8-12(14)9-3-1-4-9/h2,5-7,9,12H,1,3-4,8,14H2. The molecule has 2 rings (SSSR count). The molecule has 1 aliphatic rings. The Morgan fingerprint density at radius 3 is 2.87 bits per heavy atom. The van der Waals surface area contributed by atoms with Gasteiger partial charge in [-0.25, -0.2) is 0 Å². The zero-order valence-corrected chi connectivity index (χ0v) is 11.1. The van der Waals surface area contributed by atoms with E-state index in [1.807, 2.05) is 11.8 Å². The fourth-order valence-corrected chi connectivity index (χ4v) is 3.35. The van der Waals surface area contributed by atoms with Crippen LogP contribution in [-0.4, -0.2) is 11.8 Å². The quantitative estimate of drug-likeness (QED) is 0.855. The van der Waals surface area contributed by atoms with Gasteiger partial charge in [0.25, 0.3) is 0 Å². The van der Waals surface area contributed by atoms with Crippen molar-refractivity contribution in [3.63, 3.8) is 0 Å². The minimum Gasteiger partial charge on any atom is -0.327 e. The van der Waals surface area contributed by atoms with E-state index in [2.05, 4.69) is 40.2 Å². The van der Waals surface area contributed by atoms with Crippen LogP contribution in [0.4, 0.5) is 0 Å². The fraction of sp³-hybridized carbons (Fsp3) is 0.500. The average molecular weight is 286 g/mol. The highest BCUT2D eigenvalue weighted by atomic mass is 79.9. The van der Waals surface area contributed by atoms with Crippen LogP contribution < -0.4 is 5.73 Å². The number of hydrogen-bond donors (Lipinski definition) is 1. The highest BCUT2D eigenvalue weighted by Gasteiger charge is 2.24. The van der Waals surface area contributed by atoms with Crippen LogP contribution in [0.2, 0.25) is 0 Å². The Labute approximate surface area is 104 Å². The van der Waals surface area contributed by atoms with Crippen molar-refractivity contribution in [1.29, 1.82) is 0 Å².